The number of imidazole rings is 1. The van der Waals surface area contributed by atoms with Gasteiger partial charge in [0.25, 0.3) is 0 Å². The van der Waals surface area contributed by atoms with Gasteiger partial charge in [-0.15, -0.1) is 0 Å². The second-order valence-corrected chi connectivity index (χ2v) is 9.43. The minimum atomic E-state index is -0.874. The van der Waals surface area contributed by atoms with E-state index in [1.165, 1.54) is 15.2 Å². The van der Waals surface area contributed by atoms with Crippen molar-refractivity contribution in [2.24, 2.45) is 7.05 Å². The Morgan fingerprint density at radius 2 is 1.76 bits per heavy atom. The number of halogens is 1. The van der Waals surface area contributed by atoms with E-state index in [9.17, 15) is 19.2 Å². The summed E-state index contributed by atoms with van der Waals surface area (Å²) in [6, 6.07) is 1.98. The third-order valence-electron chi connectivity index (χ3n) is 5.95. The molecule has 4 rings (SSSR count). The van der Waals surface area contributed by atoms with E-state index in [4.69, 9.17) is 4.74 Å². The average molecular weight is 461 g/mol. The number of hydrogen-bond acceptors (Lipinski definition) is 6. The Bertz CT molecular complexity index is 1190. The molecule has 178 valence electrons. The highest BCUT2D eigenvalue weighted by molar-refractivity contribution is 6.00. The Morgan fingerprint density at radius 3 is 2.36 bits per heavy atom. The third-order valence-corrected chi connectivity index (χ3v) is 5.95. The summed E-state index contributed by atoms with van der Waals surface area (Å²) in [6.07, 6.45) is -0.108. The molecule has 2 aliphatic rings. The average Bonchev–Trinajstić information content (AvgIpc) is 2.96. The molecule has 0 spiro atoms. The Balaban J connectivity index is 1.60. The van der Waals surface area contributed by atoms with Gasteiger partial charge in [0.05, 0.1) is 16.7 Å². The van der Waals surface area contributed by atoms with Gasteiger partial charge in [0.2, 0.25) is 11.8 Å². The van der Waals surface area contributed by atoms with E-state index in [1.54, 1.807) is 38.8 Å². The summed E-state index contributed by atoms with van der Waals surface area (Å²) in [6.45, 7) is 6.98. The predicted molar refractivity (Wildman–Crippen MR) is 119 cm³/mol. The molecule has 0 aliphatic carbocycles. The van der Waals surface area contributed by atoms with Gasteiger partial charge >= 0.3 is 11.8 Å². The number of piperazine rings is 1. The Kier molecular flexibility index (Phi) is 5.67. The van der Waals surface area contributed by atoms with Crippen LogP contribution < -0.4 is 15.9 Å². The van der Waals surface area contributed by atoms with E-state index in [-0.39, 0.29) is 18.7 Å². The smallest absolute Gasteiger partial charge is 0.410 e. The number of ether oxygens (including phenoxy) is 1. The molecule has 1 atom stereocenters. The lowest BCUT2D eigenvalue weighted by Crippen LogP contribution is -2.50. The molecule has 3 heterocycles. The maximum atomic E-state index is 15.2. The number of nitrogens with one attached hydrogen (secondary N) is 1. The van der Waals surface area contributed by atoms with Crippen molar-refractivity contribution >= 4 is 34.6 Å². The van der Waals surface area contributed by atoms with E-state index >= 15 is 4.39 Å². The fourth-order valence-corrected chi connectivity index (χ4v) is 4.30. The number of benzene rings is 1. The monoisotopic (exact) mass is 461 g/mol. The molecule has 2 aromatic rings. The zero-order valence-electron chi connectivity index (χ0n) is 19.2. The number of rotatable bonds is 2. The lowest BCUT2D eigenvalue weighted by molar-refractivity contribution is -0.135. The predicted octanol–water partition coefficient (Wildman–Crippen LogP) is 1.51. The molecule has 11 heteroatoms. The van der Waals surface area contributed by atoms with Crippen molar-refractivity contribution < 1.29 is 23.5 Å². The van der Waals surface area contributed by atoms with Crippen LogP contribution in [0.2, 0.25) is 0 Å². The van der Waals surface area contributed by atoms with Crippen LogP contribution >= 0.6 is 0 Å². The summed E-state index contributed by atoms with van der Waals surface area (Å²) in [5.74, 6) is -1.48. The molecule has 1 aromatic carbocycles. The molecule has 2 saturated heterocycles. The van der Waals surface area contributed by atoms with Gasteiger partial charge in [0.15, 0.2) is 0 Å². The molecule has 33 heavy (non-hydrogen) atoms. The number of amides is 3. The maximum Gasteiger partial charge on any atom is 0.410 e. The largest absolute Gasteiger partial charge is 0.444 e. The number of carbonyl (C=O) groups is 3. The number of hydrogen-bond donors (Lipinski definition) is 1. The number of anilines is 1. The standard InChI is InChI=1S/C22H28FN5O5/c1-22(2,3)33-21(32)27-9-7-26(8-10-27)15-12-16-17(11-13(15)23)28(20(31)25(16)4)14-5-6-18(29)24-19(14)30/h11-12,14H,5-10H2,1-4H3,(H,24,29,30). The fourth-order valence-electron chi connectivity index (χ4n) is 4.30. The van der Waals surface area contributed by atoms with Crippen LogP contribution in [0.1, 0.15) is 39.7 Å². The van der Waals surface area contributed by atoms with Gasteiger partial charge < -0.3 is 14.5 Å². The topological polar surface area (TPSA) is 106 Å². The van der Waals surface area contributed by atoms with Crippen LogP contribution in [0.15, 0.2) is 16.9 Å². The van der Waals surface area contributed by atoms with Crippen LogP contribution in [0.5, 0.6) is 0 Å². The highest BCUT2D eigenvalue weighted by Gasteiger charge is 2.32. The van der Waals surface area contributed by atoms with Crippen molar-refractivity contribution in [2.45, 2.75) is 45.3 Å². The molecule has 1 N–H and O–H groups in total. The molecular formula is C22H28FN5O5. The Hall–Kier alpha value is -3.37. The van der Waals surface area contributed by atoms with Crippen molar-refractivity contribution in [1.82, 2.24) is 19.4 Å². The van der Waals surface area contributed by atoms with Gasteiger partial charge in [-0.2, -0.15) is 0 Å². The molecule has 0 saturated carbocycles. The SMILES string of the molecule is Cn1c(=O)n(C2CCC(=O)NC2=O)c2cc(F)c(N3CCN(C(=O)OC(C)(C)C)CC3)cc21. The second-order valence-electron chi connectivity index (χ2n) is 9.43. The minimum Gasteiger partial charge on any atom is -0.444 e. The zero-order valence-corrected chi connectivity index (χ0v) is 19.2. The molecule has 2 fully saturated rings. The quantitative estimate of drug-likeness (QED) is 0.680. The molecule has 10 nitrogen and oxygen atoms in total. The van der Waals surface area contributed by atoms with Crippen molar-refractivity contribution in [3.8, 4) is 0 Å². The minimum absolute atomic E-state index is 0.113. The summed E-state index contributed by atoms with van der Waals surface area (Å²) >= 11 is 0. The van der Waals surface area contributed by atoms with E-state index < -0.39 is 35.2 Å². The van der Waals surface area contributed by atoms with Gasteiger partial charge in [-0.25, -0.2) is 14.0 Å². The Labute approximate surface area is 189 Å². The maximum absolute atomic E-state index is 15.2. The molecule has 0 radical (unpaired) electrons. The zero-order chi connectivity index (χ0) is 24.1. The van der Waals surface area contributed by atoms with Crippen LogP contribution in [0.3, 0.4) is 0 Å². The van der Waals surface area contributed by atoms with E-state index in [0.717, 1.165) is 0 Å². The van der Waals surface area contributed by atoms with Crippen molar-refractivity contribution in [2.75, 3.05) is 31.1 Å². The molecule has 3 amide bonds. The molecule has 1 unspecified atom stereocenters. The summed E-state index contributed by atoms with van der Waals surface area (Å²) in [5.41, 5.74) is 0.0562. The van der Waals surface area contributed by atoms with E-state index in [1.807, 2.05) is 4.90 Å². The van der Waals surface area contributed by atoms with Crippen LogP contribution in [0.4, 0.5) is 14.9 Å². The molecule has 0 bridgehead atoms. The summed E-state index contributed by atoms with van der Waals surface area (Å²) < 4.78 is 23.2. The highest BCUT2D eigenvalue weighted by atomic mass is 19.1. The number of nitrogens with zero attached hydrogens (tertiary/aromatic N) is 4. The second kappa shape index (κ2) is 8.20. The fraction of sp³-hybridized carbons (Fsp3) is 0.545. The van der Waals surface area contributed by atoms with Gasteiger partial charge in [-0.3, -0.25) is 24.0 Å². The summed E-state index contributed by atoms with van der Waals surface area (Å²) in [4.78, 5) is 52.4. The van der Waals surface area contributed by atoms with Gasteiger partial charge in [-0.1, -0.05) is 0 Å². The summed E-state index contributed by atoms with van der Waals surface area (Å²) in [5, 5.41) is 2.24. The number of aromatic nitrogens is 2. The first-order valence-electron chi connectivity index (χ1n) is 10.9. The lowest BCUT2D eigenvalue weighted by atomic mass is 10.1. The van der Waals surface area contributed by atoms with E-state index in [0.29, 0.717) is 42.9 Å². The van der Waals surface area contributed by atoms with Crippen LogP contribution in [-0.2, 0) is 21.4 Å². The first kappa shape index (κ1) is 22.8. The van der Waals surface area contributed by atoms with Crippen LogP contribution in [0, 0.1) is 5.82 Å². The number of fused-ring (bicyclic) bond motifs is 1. The van der Waals surface area contributed by atoms with Crippen molar-refractivity contribution in [3.05, 3.63) is 28.4 Å². The first-order valence-corrected chi connectivity index (χ1v) is 10.9. The number of aryl methyl sites for hydroxylation is 1. The normalized spacial score (nSPS) is 19.7. The molecular weight excluding hydrogens is 433 g/mol. The number of carbonyl (C=O) groups excluding carboxylic acids is 3. The highest BCUT2D eigenvalue weighted by Crippen LogP contribution is 2.29. The van der Waals surface area contributed by atoms with Crippen molar-refractivity contribution in [3.63, 3.8) is 0 Å². The van der Waals surface area contributed by atoms with Gasteiger partial charge in [-0.05, 0) is 33.3 Å². The Morgan fingerprint density at radius 1 is 1.09 bits per heavy atom. The van der Waals surface area contributed by atoms with E-state index in [2.05, 4.69) is 5.32 Å². The molecule has 2 aliphatic heterocycles. The number of imide groups is 1. The first-order chi connectivity index (χ1) is 15.5. The summed E-state index contributed by atoms with van der Waals surface area (Å²) in [7, 11) is 1.56. The molecule has 1 aromatic heterocycles. The van der Waals surface area contributed by atoms with Crippen LogP contribution in [-0.4, -0.2) is 63.7 Å². The lowest BCUT2D eigenvalue weighted by Gasteiger charge is -2.36. The van der Waals surface area contributed by atoms with Gasteiger partial charge in [0.1, 0.15) is 17.5 Å². The number of piperidine rings is 1. The van der Waals surface area contributed by atoms with Crippen molar-refractivity contribution in [1.29, 1.82) is 0 Å². The van der Waals surface area contributed by atoms with Gasteiger partial charge in [0, 0.05) is 45.7 Å². The van der Waals surface area contributed by atoms with Crippen LogP contribution in [0.25, 0.3) is 11.0 Å². The third kappa shape index (κ3) is 4.31.